The summed E-state index contributed by atoms with van der Waals surface area (Å²) < 4.78 is 11.7. The first kappa shape index (κ1) is 18.3. The van der Waals surface area contributed by atoms with E-state index in [4.69, 9.17) is 9.47 Å². The van der Waals surface area contributed by atoms with E-state index in [2.05, 4.69) is 6.58 Å². The number of phenols is 1. The predicted molar refractivity (Wildman–Crippen MR) is 95.7 cm³/mol. The standard InChI is InChI=1S/C19H21NO5/c1-5-6-14-9-13(4)10-18(24-12(2)3)19(14)25-17-8-7-15(21)11-16(17)20(22)23/h5,7-12,21H,1,6H2,2-4H3. The zero-order valence-electron chi connectivity index (χ0n) is 14.5. The molecule has 0 unspecified atom stereocenters. The van der Waals surface area contributed by atoms with Crippen molar-refractivity contribution >= 4 is 5.69 Å². The van der Waals surface area contributed by atoms with Crippen molar-refractivity contribution in [1.82, 2.24) is 0 Å². The molecule has 0 radical (unpaired) electrons. The van der Waals surface area contributed by atoms with Gasteiger partial charge < -0.3 is 14.6 Å². The molecular formula is C19H21NO5. The number of rotatable bonds is 7. The monoisotopic (exact) mass is 343 g/mol. The van der Waals surface area contributed by atoms with Crippen LogP contribution in [0, 0.1) is 17.0 Å². The van der Waals surface area contributed by atoms with E-state index < -0.39 is 4.92 Å². The van der Waals surface area contributed by atoms with E-state index in [0.29, 0.717) is 17.9 Å². The number of hydrogen-bond donors (Lipinski definition) is 1. The molecule has 6 nitrogen and oxygen atoms in total. The molecule has 0 aliphatic heterocycles. The lowest BCUT2D eigenvalue weighted by Crippen LogP contribution is -2.08. The summed E-state index contributed by atoms with van der Waals surface area (Å²) in [6.45, 7) is 9.46. The van der Waals surface area contributed by atoms with E-state index in [0.717, 1.165) is 17.2 Å². The smallest absolute Gasteiger partial charge is 0.315 e. The Bertz CT molecular complexity index is 799. The molecule has 0 aliphatic carbocycles. The van der Waals surface area contributed by atoms with Crippen LogP contribution in [-0.4, -0.2) is 16.1 Å². The van der Waals surface area contributed by atoms with Crippen LogP contribution in [-0.2, 0) is 6.42 Å². The van der Waals surface area contributed by atoms with E-state index >= 15 is 0 Å². The quantitative estimate of drug-likeness (QED) is 0.438. The van der Waals surface area contributed by atoms with Gasteiger partial charge in [-0.2, -0.15) is 0 Å². The van der Waals surface area contributed by atoms with E-state index in [-0.39, 0.29) is 23.3 Å². The molecule has 0 spiro atoms. The average molecular weight is 343 g/mol. The first-order valence-electron chi connectivity index (χ1n) is 7.88. The second kappa shape index (κ2) is 7.70. The predicted octanol–water partition coefficient (Wildman–Crippen LogP) is 4.92. The molecule has 2 aromatic carbocycles. The summed E-state index contributed by atoms with van der Waals surface area (Å²) in [6.07, 6.45) is 2.17. The lowest BCUT2D eigenvalue weighted by atomic mass is 10.1. The number of phenolic OH excluding ortho intramolecular Hbond substituents is 1. The Morgan fingerprint density at radius 3 is 2.60 bits per heavy atom. The molecule has 0 heterocycles. The maximum absolute atomic E-state index is 11.3. The number of hydrogen-bond acceptors (Lipinski definition) is 5. The SMILES string of the molecule is C=CCc1cc(C)cc(OC(C)C)c1Oc1ccc(O)cc1[N+](=O)[O-]. The number of aryl methyl sites for hydroxylation is 1. The Morgan fingerprint density at radius 2 is 2.00 bits per heavy atom. The highest BCUT2D eigenvalue weighted by molar-refractivity contribution is 5.57. The normalized spacial score (nSPS) is 10.6. The zero-order chi connectivity index (χ0) is 18.6. The Morgan fingerprint density at radius 1 is 1.28 bits per heavy atom. The van der Waals surface area contributed by atoms with Gasteiger partial charge in [0.05, 0.1) is 17.1 Å². The summed E-state index contributed by atoms with van der Waals surface area (Å²) in [5.41, 5.74) is 1.48. The van der Waals surface area contributed by atoms with Crippen LogP contribution in [0.15, 0.2) is 43.0 Å². The molecule has 0 bridgehead atoms. The lowest BCUT2D eigenvalue weighted by Gasteiger charge is -2.18. The molecule has 25 heavy (non-hydrogen) atoms. The molecule has 2 aromatic rings. The molecule has 0 amide bonds. The molecule has 0 saturated heterocycles. The van der Waals surface area contributed by atoms with Crippen LogP contribution in [0.25, 0.3) is 0 Å². The highest BCUT2D eigenvalue weighted by Gasteiger charge is 2.21. The van der Waals surface area contributed by atoms with Crippen LogP contribution >= 0.6 is 0 Å². The van der Waals surface area contributed by atoms with Crippen molar-refractivity contribution < 1.29 is 19.5 Å². The Kier molecular flexibility index (Phi) is 5.64. The van der Waals surface area contributed by atoms with Gasteiger partial charge in [0, 0.05) is 5.56 Å². The summed E-state index contributed by atoms with van der Waals surface area (Å²) in [4.78, 5) is 10.7. The van der Waals surface area contributed by atoms with Crippen molar-refractivity contribution in [2.24, 2.45) is 0 Å². The summed E-state index contributed by atoms with van der Waals surface area (Å²) >= 11 is 0. The Balaban J connectivity index is 2.57. The van der Waals surface area contributed by atoms with Crippen LogP contribution in [0.5, 0.6) is 23.0 Å². The van der Waals surface area contributed by atoms with Gasteiger partial charge in [-0.1, -0.05) is 12.1 Å². The maximum Gasteiger partial charge on any atom is 0.315 e. The van der Waals surface area contributed by atoms with Gasteiger partial charge >= 0.3 is 5.69 Å². The fourth-order valence-electron chi connectivity index (χ4n) is 2.42. The Hall–Kier alpha value is -3.02. The number of benzene rings is 2. The number of nitro groups is 1. The Labute approximate surface area is 146 Å². The highest BCUT2D eigenvalue weighted by Crippen LogP contribution is 2.41. The molecule has 0 aliphatic rings. The topological polar surface area (TPSA) is 81.8 Å². The van der Waals surface area contributed by atoms with Crippen LogP contribution in [0.1, 0.15) is 25.0 Å². The minimum atomic E-state index is -0.598. The van der Waals surface area contributed by atoms with Gasteiger partial charge in [-0.15, -0.1) is 6.58 Å². The second-order valence-corrected chi connectivity index (χ2v) is 5.92. The molecule has 132 valence electrons. The summed E-state index contributed by atoms with van der Waals surface area (Å²) in [5.74, 6) is 0.751. The first-order chi connectivity index (χ1) is 11.8. The molecule has 2 rings (SSSR count). The third kappa shape index (κ3) is 4.50. The van der Waals surface area contributed by atoms with E-state index in [1.165, 1.54) is 12.1 Å². The van der Waals surface area contributed by atoms with Crippen molar-refractivity contribution in [3.8, 4) is 23.0 Å². The van der Waals surface area contributed by atoms with Crippen LogP contribution in [0.2, 0.25) is 0 Å². The van der Waals surface area contributed by atoms with Gasteiger partial charge in [0.1, 0.15) is 5.75 Å². The summed E-state index contributed by atoms with van der Waals surface area (Å²) in [6, 6.07) is 7.52. The largest absolute Gasteiger partial charge is 0.508 e. The van der Waals surface area contributed by atoms with Gasteiger partial charge in [-0.25, -0.2) is 0 Å². The van der Waals surface area contributed by atoms with Crippen LogP contribution in [0.4, 0.5) is 5.69 Å². The van der Waals surface area contributed by atoms with E-state index in [1.54, 1.807) is 6.08 Å². The minimum absolute atomic E-state index is 0.0329. The van der Waals surface area contributed by atoms with Crippen molar-refractivity contribution in [3.05, 3.63) is 64.2 Å². The van der Waals surface area contributed by atoms with Gasteiger partial charge in [0.15, 0.2) is 11.5 Å². The van der Waals surface area contributed by atoms with Crippen LogP contribution in [0.3, 0.4) is 0 Å². The maximum atomic E-state index is 11.3. The number of ether oxygens (including phenoxy) is 2. The average Bonchev–Trinajstić information content (AvgIpc) is 2.51. The second-order valence-electron chi connectivity index (χ2n) is 5.92. The zero-order valence-corrected chi connectivity index (χ0v) is 14.5. The lowest BCUT2D eigenvalue weighted by molar-refractivity contribution is -0.385. The molecular weight excluding hydrogens is 322 g/mol. The third-order valence-corrected chi connectivity index (χ3v) is 3.35. The van der Waals surface area contributed by atoms with Gasteiger partial charge in [0.25, 0.3) is 0 Å². The van der Waals surface area contributed by atoms with Crippen molar-refractivity contribution in [3.63, 3.8) is 0 Å². The number of nitro benzene ring substituents is 1. The molecule has 1 N–H and O–H groups in total. The number of nitrogens with zero attached hydrogens (tertiary/aromatic N) is 1. The van der Waals surface area contributed by atoms with Crippen molar-refractivity contribution in [2.45, 2.75) is 33.3 Å². The summed E-state index contributed by atoms with van der Waals surface area (Å²) in [7, 11) is 0. The van der Waals surface area contributed by atoms with Gasteiger partial charge in [0.2, 0.25) is 5.75 Å². The molecule has 0 atom stereocenters. The fourth-order valence-corrected chi connectivity index (χ4v) is 2.42. The number of allylic oxidation sites excluding steroid dienone is 1. The first-order valence-corrected chi connectivity index (χ1v) is 7.88. The minimum Gasteiger partial charge on any atom is -0.508 e. The van der Waals surface area contributed by atoms with Crippen molar-refractivity contribution in [2.75, 3.05) is 0 Å². The summed E-state index contributed by atoms with van der Waals surface area (Å²) in [5, 5.41) is 20.8. The van der Waals surface area contributed by atoms with E-state index in [9.17, 15) is 15.2 Å². The molecule has 0 saturated carbocycles. The number of aromatic hydroxyl groups is 1. The molecule has 0 aromatic heterocycles. The third-order valence-electron chi connectivity index (χ3n) is 3.35. The molecule has 0 fully saturated rings. The molecule has 6 heteroatoms. The highest BCUT2D eigenvalue weighted by atomic mass is 16.6. The fraction of sp³-hybridized carbons (Fsp3) is 0.263. The van der Waals surface area contributed by atoms with Gasteiger partial charge in [-0.3, -0.25) is 10.1 Å². The van der Waals surface area contributed by atoms with Gasteiger partial charge in [-0.05, 0) is 51.0 Å². The van der Waals surface area contributed by atoms with E-state index in [1.807, 2.05) is 32.9 Å². The van der Waals surface area contributed by atoms with Crippen LogP contribution < -0.4 is 9.47 Å². The van der Waals surface area contributed by atoms with Crippen molar-refractivity contribution in [1.29, 1.82) is 0 Å².